The molecule has 0 aliphatic carbocycles. The van der Waals surface area contributed by atoms with Crippen LogP contribution in [0.5, 0.6) is 11.5 Å². The molecule has 150 valence electrons. The topological polar surface area (TPSA) is 48.0 Å². The van der Waals surface area contributed by atoms with Crippen molar-refractivity contribution in [3.8, 4) is 11.5 Å². The van der Waals surface area contributed by atoms with Gasteiger partial charge in [0.25, 0.3) is 0 Å². The standard InChI is InChI=1S/C18H14Cl2F3NO4/c19-12-5-6-15(26-10-11-3-1-2-4-14(11)20)16(7-12)27-13-8-24(9-13)28-17(25)18(21,22)23/h1-7,13H,8-10H2. The maximum Gasteiger partial charge on any atom is 0.492 e. The van der Waals surface area contributed by atoms with E-state index in [2.05, 4.69) is 4.84 Å². The molecule has 0 spiro atoms. The van der Waals surface area contributed by atoms with E-state index in [4.69, 9.17) is 32.7 Å². The average molecular weight is 436 g/mol. The first-order chi connectivity index (χ1) is 13.2. The first-order valence-corrected chi connectivity index (χ1v) is 8.84. The molecule has 2 aromatic carbocycles. The first kappa shape index (κ1) is 20.6. The van der Waals surface area contributed by atoms with Crippen molar-refractivity contribution in [1.82, 2.24) is 5.06 Å². The molecule has 5 nitrogen and oxygen atoms in total. The molecule has 0 saturated carbocycles. The predicted molar refractivity (Wildman–Crippen MR) is 95.4 cm³/mol. The summed E-state index contributed by atoms with van der Waals surface area (Å²) in [7, 11) is 0. The number of hydroxylamine groups is 2. The van der Waals surface area contributed by atoms with Crippen molar-refractivity contribution in [1.29, 1.82) is 0 Å². The van der Waals surface area contributed by atoms with Crippen LogP contribution in [0.4, 0.5) is 13.2 Å². The lowest BCUT2D eigenvalue weighted by Crippen LogP contribution is -2.55. The second-order valence-corrected chi connectivity index (χ2v) is 6.78. The highest BCUT2D eigenvalue weighted by atomic mass is 35.5. The highest BCUT2D eigenvalue weighted by Crippen LogP contribution is 2.33. The number of rotatable bonds is 6. The molecule has 1 heterocycles. The molecule has 0 N–H and O–H groups in total. The van der Waals surface area contributed by atoms with E-state index in [1.165, 1.54) is 6.07 Å². The molecular weight excluding hydrogens is 422 g/mol. The van der Waals surface area contributed by atoms with Crippen LogP contribution < -0.4 is 9.47 Å². The lowest BCUT2D eigenvalue weighted by Gasteiger charge is -2.37. The lowest BCUT2D eigenvalue weighted by molar-refractivity contribution is -0.262. The highest BCUT2D eigenvalue weighted by molar-refractivity contribution is 6.31. The Labute approximate surface area is 168 Å². The van der Waals surface area contributed by atoms with Crippen LogP contribution >= 0.6 is 23.2 Å². The summed E-state index contributed by atoms with van der Waals surface area (Å²) >= 11 is 12.1. The Balaban J connectivity index is 1.58. The van der Waals surface area contributed by atoms with Crippen LogP contribution in [0.3, 0.4) is 0 Å². The SMILES string of the molecule is O=C(ON1CC(Oc2cc(Cl)ccc2OCc2ccccc2Cl)C1)C(F)(F)F. The number of halogens is 5. The van der Waals surface area contributed by atoms with Crippen molar-refractivity contribution in [3.63, 3.8) is 0 Å². The number of carbonyl (C=O) groups excluding carboxylic acids is 1. The predicted octanol–water partition coefficient (Wildman–Crippen LogP) is 4.66. The van der Waals surface area contributed by atoms with Crippen LogP contribution in [-0.4, -0.2) is 36.4 Å². The zero-order chi connectivity index (χ0) is 20.3. The molecule has 0 atom stereocenters. The molecule has 0 unspecified atom stereocenters. The van der Waals surface area contributed by atoms with Gasteiger partial charge in [-0.3, -0.25) is 0 Å². The molecule has 3 rings (SSSR count). The Morgan fingerprint density at radius 2 is 1.82 bits per heavy atom. The van der Waals surface area contributed by atoms with Crippen LogP contribution in [-0.2, 0) is 16.2 Å². The Kier molecular flexibility index (Phi) is 6.22. The number of hydrogen-bond donors (Lipinski definition) is 0. The quantitative estimate of drug-likeness (QED) is 0.660. The largest absolute Gasteiger partial charge is 0.492 e. The van der Waals surface area contributed by atoms with Crippen LogP contribution in [0.25, 0.3) is 0 Å². The smallest absolute Gasteiger partial charge is 0.485 e. The zero-order valence-electron chi connectivity index (χ0n) is 14.2. The van der Waals surface area contributed by atoms with Crippen LogP contribution in [0.15, 0.2) is 42.5 Å². The zero-order valence-corrected chi connectivity index (χ0v) is 15.7. The van der Waals surface area contributed by atoms with Crippen LogP contribution in [0.2, 0.25) is 10.0 Å². The minimum atomic E-state index is -5.04. The molecular formula is C18H14Cl2F3NO4. The number of hydrogen-bond acceptors (Lipinski definition) is 5. The normalized spacial score (nSPS) is 15.0. The number of nitrogens with zero attached hydrogens (tertiary/aromatic N) is 1. The summed E-state index contributed by atoms with van der Waals surface area (Å²) in [4.78, 5) is 15.0. The first-order valence-electron chi connectivity index (χ1n) is 8.09. The van der Waals surface area contributed by atoms with Gasteiger partial charge in [-0.05, 0) is 18.2 Å². The van der Waals surface area contributed by atoms with E-state index >= 15 is 0 Å². The van der Waals surface area contributed by atoms with Crippen molar-refractivity contribution in [2.75, 3.05) is 13.1 Å². The monoisotopic (exact) mass is 435 g/mol. The lowest BCUT2D eigenvalue weighted by atomic mass is 10.2. The molecule has 1 saturated heterocycles. The molecule has 1 aliphatic heterocycles. The van der Waals surface area contributed by atoms with E-state index in [0.717, 1.165) is 10.6 Å². The summed E-state index contributed by atoms with van der Waals surface area (Å²) in [6.07, 6.45) is -5.53. The van der Waals surface area contributed by atoms with Gasteiger partial charge in [-0.1, -0.05) is 41.4 Å². The molecule has 1 aliphatic rings. The molecule has 28 heavy (non-hydrogen) atoms. The van der Waals surface area contributed by atoms with Gasteiger partial charge in [-0.15, -0.1) is 5.06 Å². The Morgan fingerprint density at radius 3 is 2.50 bits per heavy atom. The minimum Gasteiger partial charge on any atom is -0.485 e. The fraction of sp³-hybridized carbons (Fsp3) is 0.278. The maximum absolute atomic E-state index is 12.2. The summed E-state index contributed by atoms with van der Waals surface area (Å²) in [5, 5.41) is 1.83. The van der Waals surface area contributed by atoms with Gasteiger partial charge < -0.3 is 14.3 Å². The van der Waals surface area contributed by atoms with Crippen LogP contribution in [0, 0.1) is 0 Å². The summed E-state index contributed by atoms with van der Waals surface area (Å²) in [6.45, 7) is 0.161. The third kappa shape index (κ3) is 5.21. The second-order valence-electron chi connectivity index (χ2n) is 5.93. The van der Waals surface area contributed by atoms with E-state index in [9.17, 15) is 18.0 Å². The molecule has 1 fully saturated rings. The van der Waals surface area contributed by atoms with Gasteiger partial charge in [0.15, 0.2) is 11.5 Å². The molecule has 0 bridgehead atoms. The fourth-order valence-electron chi connectivity index (χ4n) is 2.36. The summed E-state index contributed by atoms with van der Waals surface area (Å²) in [6, 6.07) is 12.0. The molecule has 2 aromatic rings. The Morgan fingerprint density at radius 1 is 1.11 bits per heavy atom. The average Bonchev–Trinajstić information content (AvgIpc) is 2.59. The van der Waals surface area contributed by atoms with E-state index in [1.807, 2.05) is 12.1 Å². The van der Waals surface area contributed by atoms with Crippen molar-refractivity contribution < 1.29 is 32.3 Å². The number of alkyl halides is 3. The van der Waals surface area contributed by atoms with E-state index in [0.29, 0.717) is 21.5 Å². The molecule has 0 radical (unpaired) electrons. The molecule has 10 heteroatoms. The maximum atomic E-state index is 12.2. The number of ether oxygens (including phenoxy) is 2. The van der Waals surface area contributed by atoms with Gasteiger partial charge in [0.05, 0.1) is 13.1 Å². The fourth-order valence-corrected chi connectivity index (χ4v) is 2.71. The number of carbonyl (C=O) groups is 1. The van der Waals surface area contributed by atoms with Gasteiger partial charge in [-0.2, -0.15) is 13.2 Å². The van der Waals surface area contributed by atoms with Gasteiger partial charge >= 0.3 is 12.1 Å². The van der Waals surface area contributed by atoms with Crippen molar-refractivity contribution in [2.24, 2.45) is 0 Å². The molecule has 0 amide bonds. The molecule has 0 aromatic heterocycles. The van der Waals surface area contributed by atoms with Crippen molar-refractivity contribution in [2.45, 2.75) is 18.9 Å². The summed E-state index contributed by atoms with van der Waals surface area (Å²) < 4.78 is 48.0. The van der Waals surface area contributed by atoms with E-state index < -0.39 is 18.2 Å². The summed E-state index contributed by atoms with van der Waals surface area (Å²) in [5.74, 6) is -1.54. The van der Waals surface area contributed by atoms with E-state index in [1.54, 1.807) is 24.3 Å². The van der Waals surface area contributed by atoms with Gasteiger partial charge in [0.1, 0.15) is 12.7 Å². The highest BCUT2D eigenvalue weighted by Gasteiger charge is 2.44. The van der Waals surface area contributed by atoms with Gasteiger partial charge in [0, 0.05) is 21.7 Å². The number of benzene rings is 2. The third-order valence-corrected chi connectivity index (χ3v) is 4.40. The Hall–Kier alpha value is -2.16. The second kappa shape index (κ2) is 8.46. The van der Waals surface area contributed by atoms with Gasteiger partial charge in [-0.25, -0.2) is 4.79 Å². The third-order valence-electron chi connectivity index (χ3n) is 3.80. The Bertz CT molecular complexity index is 857. The van der Waals surface area contributed by atoms with E-state index in [-0.39, 0.29) is 19.7 Å². The minimum absolute atomic E-state index is 0.0156. The van der Waals surface area contributed by atoms with Crippen LogP contribution in [0.1, 0.15) is 5.56 Å². The van der Waals surface area contributed by atoms with Crippen molar-refractivity contribution >= 4 is 29.2 Å². The summed E-state index contributed by atoms with van der Waals surface area (Å²) in [5.41, 5.74) is 0.777. The van der Waals surface area contributed by atoms with Crippen molar-refractivity contribution in [3.05, 3.63) is 58.1 Å². The van der Waals surface area contributed by atoms with Gasteiger partial charge in [0.2, 0.25) is 0 Å².